The van der Waals surface area contributed by atoms with Crippen LogP contribution in [0.25, 0.3) is 0 Å². The van der Waals surface area contributed by atoms with Gasteiger partial charge in [0.2, 0.25) is 6.79 Å². The number of hydrogen-bond donors (Lipinski definition) is 1. The van der Waals surface area contributed by atoms with Crippen LogP contribution in [0.2, 0.25) is 5.02 Å². The Morgan fingerprint density at radius 1 is 1.30 bits per heavy atom. The first-order chi connectivity index (χ1) is 9.79. The van der Waals surface area contributed by atoms with Crippen LogP contribution in [0.1, 0.15) is 18.0 Å². The molecule has 5 heteroatoms. The molecule has 0 unspecified atom stereocenters. The Bertz CT molecular complexity index is 501. The van der Waals surface area contributed by atoms with Crippen molar-refractivity contribution < 1.29 is 9.47 Å². The van der Waals surface area contributed by atoms with Crippen molar-refractivity contribution in [3.63, 3.8) is 0 Å². The van der Waals surface area contributed by atoms with Crippen LogP contribution < -0.4 is 14.8 Å². The average Bonchev–Trinajstić information content (AvgIpc) is 2.92. The quantitative estimate of drug-likeness (QED) is 0.866. The summed E-state index contributed by atoms with van der Waals surface area (Å²) in [6, 6.07) is 4.12. The van der Waals surface area contributed by atoms with E-state index in [1.54, 1.807) is 0 Å². The van der Waals surface area contributed by atoms with Gasteiger partial charge in [-0.05, 0) is 18.1 Å². The zero-order valence-corrected chi connectivity index (χ0v) is 12.2. The Kier molecular flexibility index (Phi) is 4.15. The summed E-state index contributed by atoms with van der Waals surface area (Å²) in [7, 11) is 0. The number of benzene rings is 1. The predicted molar refractivity (Wildman–Crippen MR) is 79.6 cm³/mol. The molecule has 1 atom stereocenters. The van der Waals surface area contributed by atoms with Gasteiger partial charge in [0.25, 0.3) is 0 Å². The number of nitrogens with zero attached hydrogens (tertiary/aromatic N) is 1. The van der Waals surface area contributed by atoms with Gasteiger partial charge in [-0.3, -0.25) is 4.90 Å². The summed E-state index contributed by atoms with van der Waals surface area (Å²) in [5.74, 6) is 1.52. The van der Waals surface area contributed by atoms with E-state index in [0.29, 0.717) is 0 Å². The van der Waals surface area contributed by atoms with Crippen LogP contribution in [-0.4, -0.2) is 37.9 Å². The van der Waals surface area contributed by atoms with Crippen molar-refractivity contribution >= 4 is 11.6 Å². The van der Waals surface area contributed by atoms with Gasteiger partial charge in [0.1, 0.15) is 0 Å². The molecule has 4 nitrogen and oxygen atoms in total. The highest BCUT2D eigenvalue weighted by Crippen LogP contribution is 2.41. The summed E-state index contributed by atoms with van der Waals surface area (Å²) >= 11 is 6.45. The predicted octanol–water partition coefficient (Wildman–Crippen LogP) is 2.59. The molecule has 1 aromatic carbocycles. The van der Waals surface area contributed by atoms with Gasteiger partial charge in [-0.1, -0.05) is 17.7 Å². The van der Waals surface area contributed by atoms with E-state index in [9.17, 15) is 0 Å². The van der Waals surface area contributed by atoms with Gasteiger partial charge in [-0.25, -0.2) is 0 Å². The first-order valence-corrected chi connectivity index (χ1v) is 7.32. The van der Waals surface area contributed by atoms with Crippen molar-refractivity contribution in [2.24, 2.45) is 0 Å². The van der Waals surface area contributed by atoms with E-state index in [-0.39, 0.29) is 12.8 Å². The van der Waals surface area contributed by atoms with Gasteiger partial charge >= 0.3 is 0 Å². The molecule has 2 aliphatic rings. The zero-order chi connectivity index (χ0) is 13.9. The van der Waals surface area contributed by atoms with Gasteiger partial charge in [0, 0.05) is 43.3 Å². The van der Waals surface area contributed by atoms with E-state index in [1.165, 1.54) is 0 Å². The molecule has 1 N–H and O–H groups in total. The lowest BCUT2D eigenvalue weighted by atomic mass is 10.0. The van der Waals surface area contributed by atoms with Crippen molar-refractivity contribution in [1.82, 2.24) is 10.2 Å². The maximum Gasteiger partial charge on any atom is 0.231 e. The first kappa shape index (κ1) is 13.7. The molecule has 2 heterocycles. The molecule has 0 amide bonds. The zero-order valence-electron chi connectivity index (χ0n) is 11.4. The van der Waals surface area contributed by atoms with Crippen molar-refractivity contribution in [2.75, 3.05) is 33.0 Å². The molecular weight excluding hydrogens is 276 g/mol. The van der Waals surface area contributed by atoms with Crippen LogP contribution in [-0.2, 0) is 0 Å². The summed E-state index contributed by atoms with van der Waals surface area (Å²) in [5, 5.41) is 4.11. The topological polar surface area (TPSA) is 33.7 Å². The molecule has 0 aliphatic carbocycles. The van der Waals surface area contributed by atoms with Crippen LogP contribution in [0.15, 0.2) is 24.8 Å². The highest BCUT2D eigenvalue weighted by molar-refractivity contribution is 6.31. The first-order valence-electron chi connectivity index (χ1n) is 6.94. The van der Waals surface area contributed by atoms with E-state index in [4.69, 9.17) is 21.1 Å². The Labute approximate surface area is 124 Å². The average molecular weight is 295 g/mol. The third-order valence-electron chi connectivity index (χ3n) is 3.83. The Hall–Kier alpha value is -1.23. The fourth-order valence-corrected chi connectivity index (χ4v) is 3.09. The Morgan fingerprint density at radius 3 is 2.70 bits per heavy atom. The number of fused-ring (bicyclic) bond motifs is 1. The third kappa shape index (κ3) is 2.64. The molecule has 1 fully saturated rings. The maximum atomic E-state index is 6.45. The number of halogens is 1. The molecule has 0 radical (unpaired) electrons. The minimum atomic E-state index is 0.247. The second kappa shape index (κ2) is 6.04. The second-order valence-corrected chi connectivity index (χ2v) is 5.46. The monoisotopic (exact) mass is 294 g/mol. The third-order valence-corrected chi connectivity index (χ3v) is 4.16. The highest BCUT2D eigenvalue weighted by Gasteiger charge is 2.26. The van der Waals surface area contributed by atoms with Crippen molar-refractivity contribution in [2.45, 2.75) is 12.5 Å². The van der Waals surface area contributed by atoms with E-state index in [0.717, 1.165) is 54.7 Å². The number of piperazine rings is 1. The Morgan fingerprint density at radius 2 is 2.00 bits per heavy atom. The number of ether oxygens (including phenoxy) is 2. The molecule has 0 aromatic heterocycles. The fourth-order valence-electron chi connectivity index (χ4n) is 2.81. The molecule has 20 heavy (non-hydrogen) atoms. The van der Waals surface area contributed by atoms with Crippen LogP contribution in [0.3, 0.4) is 0 Å². The van der Waals surface area contributed by atoms with Crippen LogP contribution >= 0.6 is 11.6 Å². The van der Waals surface area contributed by atoms with Crippen LogP contribution in [0.4, 0.5) is 0 Å². The molecule has 0 spiro atoms. The standard InChI is InChI=1S/C15H19ClN2O2/c1-2-3-13(18-6-4-17-5-7-18)11-8-14-15(9-12(11)16)20-10-19-14/h2,8-9,13,17H,1,3-7,10H2/t13-/m0/s1. The maximum absolute atomic E-state index is 6.45. The molecule has 0 saturated carbocycles. The van der Waals surface area contributed by atoms with Gasteiger partial charge < -0.3 is 14.8 Å². The molecule has 1 saturated heterocycles. The fraction of sp³-hybridized carbons (Fsp3) is 0.467. The van der Waals surface area contributed by atoms with Crippen LogP contribution in [0, 0.1) is 0 Å². The lowest BCUT2D eigenvalue weighted by Gasteiger charge is -2.35. The van der Waals surface area contributed by atoms with Gasteiger partial charge in [0.05, 0.1) is 0 Å². The summed E-state index contributed by atoms with van der Waals surface area (Å²) in [5.41, 5.74) is 1.10. The summed E-state index contributed by atoms with van der Waals surface area (Å²) < 4.78 is 10.8. The number of hydrogen-bond acceptors (Lipinski definition) is 4. The van der Waals surface area contributed by atoms with Crippen LogP contribution in [0.5, 0.6) is 11.5 Å². The molecule has 2 aliphatic heterocycles. The Balaban J connectivity index is 1.92. The minimum absolute atomic E-state index is 0.247. The van der Waals surface area contributed by atoms with Gasteiger partial charge in [0.15, 0.2) is 11.5 Å². The lowest BCUT2D eigenvalue weighted by Crippen LogP contribution is -2.45. The molecule has 108 valence electrons. The van der Waals surface area contributed by atoms with Crippen molar-refractivity contribution in [3.8, 4) is 11.5 Å². The van der Waals surface area contributed by atoms with E-state index in [1.807, 2.05) is 18.2 Å². The van der Waals surface area contributed by atoms with E-state index < -0.39 is 0 Å². The van der Waals surface area contributed by atoms with Crippen molar-refractivity contribution in [1.29, 1.82) is 0 Å². The summed E-state index contributed by atoms with van der Waals surface area (Å²) in [6.07, 6.45) is 2.83. The molecule has 3 rings (SSSR count). The lowest BCUT2D eigenvalue weighted by molar-refractivity contribution is 0.171. The minimum Gasteiger partial charge on any atom is -0.454 e. The largest absolute Gasteiger partial charge is 0.454 e. The van der Waals surface area contributed by atoms with Gasteiger partial charge in [-0.15, -0.1) is 6.58 Å². The molecular formula is C15H19ClN2O2. The van der Waals surface area contributed by atoms with Crippen molar-refractivity contribution in [3.05, 3.63) is 35.4 Å². The van der Waals surface area contributed by atoms with E-state index >= 15 is 0 Å². The smallest absolute Gasteiger partial charge is 0.231 e. The van der Waals surface area contributed by atoms with Gasteiger partial charge in [-0.2, -0.15) is 0 Å². The number of nitrogens with one attached hydrogen (secondary N) is 1. The normalized spacial score (nSPS) is 19.9. The highest BCUT2D eigenvalue weighted by atomic mass is 35.5. The number of rotatable bonds is 4. The summed E-state index contributed by atoms with van der Waals surface area (Å²) in [6.45, 7) is 8.21. The summed E-state index contributed by atoms with van der Waals surface area (Å²) in [4.78, 5) is 2.45. The molecule has 1 aromatic rings. The SMILES string of the molecule is C=CC[C@@H](c1cc2c(cc1Cl)OCO2)N1CCNCC1. The molecule has 0 bridgehead atoms. The van der Waals surface area contributed by atoms with E-state index in [2.05, 4.69) is 16.8 Å². The second-order valence-electron chi connectivity index (χ2n) is 5.05.